The fourth-order valence-corrected chi connectivity index (χ4v) is 7.82. The third-order valence-corrected chi connectivity index (χ3v) is 9.89. The lowest BCUT2D eigenvalue weighted by Crippen LogP contribution is -2.87. The highest BCUT2D eigenvalue weighted by Crippen LogP contribution is 2.67. The molecule has 262 valence electrons. The molecule has 0 unspecified atom stereocenters. The molecule has 49 heavy (non-hydrogen) atoms. The molecule has 2 aliphatic carbocycles. The highest BCUT2D eigenvalue weighted by molar-refractivity contribution is 5.91. The van der Waals surface area contributed by atoms with Crippen LogP contribution >= 0.6 is 0 Å². The zero-order valence-electron chi connectivity index (χ0n) is 28.6. The lowest BCUT2D eigenvalue weighted by Gasteiger charge is -2.64. The molecule has 5 rings (SSSR count). The third-order valence-electron chi connectivity index (χ3n) is 9.89. The van der Waals surface area contributed by atoms with Gasteiger partial charge < -0.3 is 33.5 Å². The Labute approximate surface area is 284 Å². The summed E-state index contributed by atoms with van der Waals surface area (Å²) in [6.45, 7) is 10.1. The van der Waals surface area contributed by atoms with Crippen molar-refractivity contribution in [2.75, 3.05) is 0 Å². The van der Waals surface area contributed by atoms with Crippen LogP contribution in [-0.4, -0.2) is 81.8 Å². The molecule has 1 spiro atoms. The molecular formula is C37H42O12. The summed E-state index contributed by atoms with van der Waals surface area (Å²) in [4.78, 5) is 67.6. The predicted molar refractivity (Wildman–Crippen MR) is 172 cm³/mol. The first kappa shape index (κ1) is 35.7. The van der Waals surface area contributed by atoms with Crippen LogP contribution < -0.4 is 0 Å². The molecule has 1 N–H and O–H groups in total. The minimum Gasteiger partial charge on any atom is -0.459 e. The predicted octanol–water partition coefficient (Wildman–Crippen LogP) is 4.27. The van der Waals surface area contributed by atoms with Crippen molar-refractivity contribution in [1.82, 2.24) is 0 Å². The fraction of sp³-hybridized carbons (Fsp3) is 0.486. The van der Waals surface area contributed by atoms with Gasteiger partial charge >= 0.3 is 29.8 Å². The molecule has 1 heterocycles. The molecule has 8 atom stereocenters. The Morgan fingerprint density at radius 3 is 1.84 bits per heavy atom. The van der Waals surface area contributed by atoms with Crippen molar-refractivity contribution in [3.05, 3.63) is 83.4 Å². The maximum absolute atomic E-state index is 14.0. The zero-order chi connectivity index (χ0) is 35.9. The van der Waals surface area contributed by atoms with Gasteiger partial charge in [-0.2, -0.15) is 0 Å². The second-order valence-electron chi connectivity index (χ2n) is 13.5. The van der Waals surface area contributed by atoms with Crippen molar-refractivity contribution >= 4 is 29.8 Å². The van der Waals surface area contributed by atoms with Gasteiger partial charge in [0.2, 0.25) is 5.60 Å². The minimum atomic E-state index is -2.45. The molecule has 3 fully saturated rings. The van der Waals surface area contributed by atoms with E-state index in [-0.39, 0.29) is 29.5 Å². The summed E-state index contributed by atoms with van der Waals surface area (Å²) in [5.41, 5.74) is -7.58. The number of hydrogen-bond acceptors (Lipinski definition) is 12. The molecule has 0 radical (unpaired) electrons. The summed E-state index contributed by atoms with van der Waals surface area (Å²) >= 11 is 0. The molecule has 0 amide bonds. The number of benzene rings is 2. The number of aliphatic hydroxyl groups is 1. The fourth-order valence-electron chi connectivity index (χ4n) is 7.82. The van der Waals surface area contributed by atoms with E-state index in [1.807, 2.05) is 0 Å². The van der Waals surface area contributed by atoms with E-state index in [1.165, 1.54) is 44.2 Å². The average molecular weight is 679 g/mol. The monoisotopic (exact) mass is 678 g/mol. The summed E-state index contributed by atoms with van der Waals surface area (Å²) < 4.78 is 37.7. The van der Waals surface area contributed by atoms with Gasteiger partial charge in [0, 0.05) is 19.4 Å². The molecule has 12 nitrogen and oxygen atoms in total. The molecule has 3 aliphatic rings. The van der Waals surface area contributed by atoms with Crippen LogP contribution in [0.25, 0.3) is 0 Å². The number of hydrogen-bond donors (Lipinski definition) is 1. The van der Waals surface area contributed by atoms with Gasteiger partial charge in [-0.05, 0) is 71.7 Å². The number of carbonyl (C=O) groups excluding carboxylic acids is 5. The van der Waals surface area contributed by atoms with Crippen LogP contribution in [0, 0.1) is 5.92 Å². The van der Waals surface area contributed by atoms with E-state index in [0.29, 0.717) is 0 Å². The van der Waals surface area contributed by atoms with Crippen molar-refractivity contribution in [2.45, 2.75) is 108 Å². The average Bonchev–Trinajstić information content (AvgIpc) is 3.25. The van der Waals surface area contributed by atoms with E-state index in [0.717, 1.165) is 13.8 Å². The van der Waals surface area contributed by atoms with Gasteiger partial charge in [0.05, 0.1) is 28.2 Å². The van der Waals surface area contributed by atoms with Gasteiger partial charge in [0.1, 0.15) is 12.2 Å². The Kier molecular flexibility index (Phi) is 9.52. The van der Waals surface area contributed by atoms with Crippen LogP contribution in [0.1, 0.15) is 82.0 Å². The summed E-state index contributed by atoms with van der Waals surface area (Å²) in [5.74, 6) is -5.32. The summed E-state index contributed by atoms with van der Waals surface area (Å²) in [5, 5.41) is 12.5. The van der Waals surface area contributed by atoms with E-state index >= 15 is 0 Å². The summed E-state index contributed by atoms with van der Waals surface area (Å²) in [6.07, 6.45) is -4.95. The molecule has 0 aromatic heterocycles. The molecule has 1 aliphatic heterocycles. The number of allylic oxidation sites excluding steroid dienone is 1. The Morgan fingerprint density at radius 2 is 1.33 bits per heavy atom. The van der Waals surface area contributed by atoms with Gasteiger partial charge in [-0.25, -0.2) is 14.4 Å². The zero-order valence-corrected chi connectivity index (χ0v) is 28.6. The van der Waals surface area contributed by atoms with E-state index in [2.05, 4.69) is 0 Å². The Morgan fingerprint density at radius 1 is 0.776 bits per heavy atom. The van der Waals surface area contributed by atoms with Crippen LogP contribution in [-0.2, 0) is 42.8 Å². The normalized spacial score (nSPS) is 33.0. The van der Waals surface area contributed by atoms with E-state index in [1.54, 1.807) is 57.2 Å². The summed E-state index contributed by atoms with van der Waals surface area (Å²) in [6, 6.07) is 16.0. The van der Waals surface area contributed by atoms with E-state index < -0.39 is 82.6 Å². The highest BCUT2D eigenvalue weighted by Gasteiger charge is 2.89. The maximum atomic E-state index is 14.0. The molecule has 2 aromatic carbocycles. The molecule has 2 bridgehead atoms. The Balaban J connectivity index is 1.85. The van der Waals surface area contributed by atoms with Crippen molar-refractivity contribution in [1.29, 1.82) is 0 Å². The standard InChI is InChI=1S/C37H42O12/c1-8-21(2)31(40)46-28-27-29(44-22(3)38)37(49-34(27,5)6)35(7,43)20-19-26(45-32(41)24-15-11-9-12-16-24)36(37,48-23(4)39)30(28)47-33(42)25-17-13-10-14-18-25/h8-18,26-30,43H,19-20H2,1-7H3/b21-8-/t26-,27+,28+,29+,30+,35-,36+,37-/m0/s1. The van der Waals surface area contributed by atoms with Crippen LogP contribution in [0.4, 0.5) is 0 Å². The topological polar surface area (TPSA) is 161 Å². The number of carbonyl (C=O) groups is 5. The molecule has 2 aromatic rings. The second kappa shape index (κ2) is 13.1. The van der Waals surface area contributed by atoms with Gasteiger partial charge in [-0.3, -0.25) is 9.59 Å². The van der Waals surface area contributed by atoms with Crippen LogP contribution in [0.5, 0.6) is 0 Å². The lowest BCUT2D eigenvalue weighted by atomic mass is 9.51. The number of rotatable bonds is 8. The van der Waals surface area contributed by atoms with E-state index in [4.69, 9.17) is 28.4 Å². The van der Waals surface area contributed by atoms with Crippen LogP contribution in [0.2, 0.25) is 0 Å². The Bertz CT molecular complexity index is 1650. The Hall–Kier alpha value is -4.55. The van der Waals surface area contributed by atoms with Crippen molar-refractivity contribution < 1.29 is 57.5 Å². The van der Waals surface area contributed by atoms with Gasteiger partial charge in [0.15, 0.2) is 17.8 Å². The summed E-state index contributed by atoms with van der Waals surface area (Å²) in [7, 11) is 0. The van der Waals surface area contributed by atoms with Crippen molar-refractivity contribution in [3.8, 4) is 0 Å². The maximum Gasteiger partial charge on any atom is 0.338 e. The SMILES string of the molecule is C/C=C(/C)C(=O)O[C@@H]1[C@@H]2[C@@H](OC(C)=O)[C@@]3(OC2(C)C)[C@@](OC(C)=O)([C@@H](OC(=O)c2ccccc2)CC[C@]3(C)O)[C@@H]1OC(=O)c1ccccc1. The van der Waals surface area contributed by atoms with Crippen LogP contribution in [0.15, 0.2) is 72.3 Å². The van der Waals surface area contributed by atoms with Crippen molar-refractivity contribution in [2.24, 2.45) is 5.92 Å². The smallest absolute Gasteiger partial charge is 0.338 e. The quantitative estimate of drug-likeness (QED) is 0.240. The van der Waals surface area contributed by atoms with E-state index in [9.17, 15) is 29.1 Å². The van der Waals surface area contributed by atoms with Gasteiger partial charge in [-0.1, -0.05) is 42.5 Å². The second-order valence-corrected chi connectivity index (χ2v) is 13.5. The number of fused-ring (bicyclic) bond motifs is 1. The third kappa shape index (κ3) is 5.90. The first-order chi connectivity index (χ1) is 23.0. The highest BCUT2D eigenvalue weighted by atomic mass is 16.7. The largest absolute Gasteiger partial charge is 0.459 e. The first-order valence-corrected chi connectivity index (χ1v) is 16.2. The minimum absolute atomic E-state index is 0.0925. The molecule has 1 saturated heterocycles. The molecular weight excluding hydrogens is 636 g/mol. The first-order valence-electron chi connectivity index (χ1n) is 16.2. The van der Waals surface area contributed by atoms with Crippen molar-refractivity contribution in [3.63, 3.8) is 0 Å². The number of esters is 5. The number of ether oxygens (including phenoxy) is 6. The molecule has 12 heteroatoms. The van der Waals surface area contributed by atoms with Gasteiger partial charge in [-0.15, -0.1) is 0 Å². The lowest BCUT2D eigenvalue weighted by molar-refractivity contribution is -0.362. The molecule has 2 saturated carbocycles. The van der Waals surface area contributed by atoms with Gasteiger partial charge in [0.25, 0.3) is 0 Å². The van der Waals surface area contributed by atoms with Crippen LogP contribution in [0.3, 0.4) is 0 Å².